The molecule has 1 amide bonds. The van der Waals surface area contributed by atoms with Crippen molar-refractivity contribution >= 4 is 11.6 Å². The second kappa shape index (κ2) is 7.85. The van der Waals surface area contributed by atoms with Crippen LogP contribution >= 0.6 is 0 Å². The average Bonchev–Trinajstić information content (AvgIpc) is 3.12. The molecule has 0 saturated heterocycles. The highest BCUT2D eigenvalue weighted by Crippen LogP contribution is 2.29. The van der Waals surface area contributed by atoms with E-state index in [4.69, 9.17) is 0 Å². The fraction of sp³-hybridized carbons (Fsp3) is 0.250. The highest BCUT2D eigenvalue weighted by Gasteiger charge is 2.23. The number of halogens is 2. The number of hydrogen-bond acceptors (Lipinski definition) is 4. The van der Waals surface area contributed by atoms with Crippen molar-refractivity contribution in [2.24, 2.45) is 0 Å². The van der Waals surface area contributed by atoms with Crippen molar-refractivity contribution in [3.63, 3.8) is 0 Å². The van der Waals surface area contributed by atoms with Crippen LogP contribution in [-0.2, 0) is 17.8 Å². The van der Waals surface area contributed by atoms with Crippen LogP contribution in [0.15, 0.2) is 42.7 Å². The molecule has 1 aliphatic rings. The first kappa shape index (κ1) is 18.2. The highest BCUT2D eigenvalue weighted by molar-refractivity contribution is 5.90. The van der Waals surface area contributed by atoms with Gasteiger partial charge < -0.3 is 5.32 Å². The first-order chi connectivity index (χ1) is 13.6. The molecule has 0 saturated carbocycles. The Bertz CT molecular complexity index is 990. The van der Waals surface area contributed by atoms with Crippen LogP contribution < -0.4 is 5.32 Å². The number of aromatic amines is 1. The Hall–Kier alpha value is -3.13. The molecule has 0 radical (unpaired) electrons. The molecule has 4 rings (SSSR count). The van der Waals surface area contributed by atoms with E-state index in [2.05, 4.69) is 25.4 Å². The Balaban J connectivity index is 1.41. The average molecular weight is 383 g/mol. The quantitative estimate of drug-likeness (QED) is 0.710. The maximum Gasteiger partial charge on any atom is 0.225 e. The van der Waals surface area contributed by atoms with Crippen molar-refractivity contribution in [3.05, 3.63) is 65.6 Å². The van der Waals surface area contributed by atoms with Gasteiger partial charge in [-0.05, 0) is 30.3 Å². The van der Waals surface area contributed by atoms with Crippen LogP contribution in [0.25, 0.3) is 11.3 Å². The summed E-state index contributed by atoms with van der Waals surface area (Å²) in [5.74, 6) is -1.85. The van der Waals surface area contributed by atoms with Crippen molar-refractivity contribution in [1.82, 2.24) is 20.1 Å². The van der Waals surface area contributed by atoms with Gasteiger partial charge in [0.05, 0.1) is 17.6 Å². The number of carbonyl (C=O) groups excluding carboxylic acids is 1. The summed E-state index contributed by atoms with van der Waals surface area (Å²) in [6.07, 6.45) is 4.36. The number of hydrogen-bond donors (Lipinski definition) is 2. The topological polar surface area (TPSA) is 73.9 Å². The minimum absolute atomic E-state index is 0.0770. The summed E-state index contributed by atoms with van der Waals surface area (Å²) in [4.78, 5) is 18.3. The van der Waals surface area contributed by atoms with Gasteiger partial charge in [-0.2, -0.15) is 5.10 Å². The van der Waals surface area contributed by atoms with Gasteiger partial charge in [0.25, 0.3) is 0 Å². The van der Waals surface area contributed by atoms with Crippen LogP contribution in [0, 0.1) is 11.6 Å². The fourth-order valence-corrected chi connectivity index (χ4v) is 3.34. The first-order valence-electron chi connectivity index (χ1n) is 9.04. The fourth-order valence-electron chi connectivity index (χ4n) is 3.34. The number of anilines is 1. The third-order valence-electron chi connectivity index (χ3n) is 4.81. The molecule has 0 bridgehead atoms. The van der Waals surface area contributed by atoms with Gasteiger partial charge in [-0.15, -0.1) is 0 Å². The van der Waals surface area contributed by atoms with E-state index in [-0.39, 0.29) is 5.91 Å². The Morgan fingerprint density at radius 3 is 2.93 bits per heavy atom. The lowest BCUT2D eigenvalue weighted by atomic mass is 10.0. The molecule has 0 spiro atoms. The zero-order valence-corrected chi connectivity index (χ0v) is 15.1. The van der Waals surface area contributed by atoms with Crippen molar-refractivity contribution in [2.75, 3.05) is 18.4 Å². The highest BCUT2D eigenvalue weighted by atomic mass is 19.2. The summed E-state index contributed by atoms with van der Waals surface area (Å²) < 4.78 is 26.8. The number of aromatic nitrogens is 3. The van der Waals surface area contributed by atoms with Crippen molar-refractivity contribution < 1.29 is 13.6 Å². The Kier molecular flexibility index (Phi) is 5.12. The second-order valence-corrected chi connectivity index (χ2v) is 6.72. The Labute approximate surface area is 160 Å². The molecule has 1 aliphatic heterocycles. The third kappa shape index (κ3) is 3.91. The van der Waals surface area contributed by atoms with E-state index in [1.807, 2.05) is 0 Å². The summed E-state index contributed by atoms with van der Waals surface area (Å²) >= 11 is 0. The van der Waals surface area contributed by atoms with E-state index in [1.54, 1.807) is 24.5 Å². The van der Waals surface area contributed by atoms with Gasteiger partial charge in [0.2, 0.25) is 5.91 Å². The summed E-state index contributed by atoms with van der Waals surface area (Å²) in [5, 5.41) is 10.1. The first-order valence-corrected chi connectivity index (χ1v) is 9.04. The second-order valence-electron chi connectivity index (χ2n) is 6.72. The lowest BCUT2D eigenvalue weighted by Crippen LogP contribution is -2.33. The van der Waals surface area contributed by atoms with Crippen molar-refractivity contribution in [1.29, 1.82) is 0 Å². The van der Waals surface area contributed by atoms with Crippen LogP contribution in [0.5, 0.6) is 0 Å². The van der Waals surface area contributed by atoms with Gasteiger partial charge in [0.15, 0.2) is 11.6 Å². The minimum Gasteiger partial charge on any atom is -0.325 e. The van der Waals surface area contributed by atoms with E-state index < -0.39 is 11.6 Å². The number of nitrogens with one attached hydrogen (secondary N) is 2. The molecular formula is C20H19F2N5O. The van der Waals surface area contributed by atoms with Crippen LogP contribution in [-0.4, -0.2) is 39.1 Å². The standard InChI is InChI=1S/C20H19F2N5O/c21-16-4-3-13(10-17(16)22)20-15-12-27(8-5-18(15)25-26-20)9-6-19(28)24-14-2-1-7-23-11-14/h1-4,7,10-11H,5-6,8-9,12H2,(H,24,28)(H,25,26). The maximum atomic E-state index is 13.6. The molecule has 3 heterocycles. The lowest BCUT2D eigenvalue weighted by Gasteiger charge is -2.26. The van der Waals surface area contributed by atoms with E-state index >= 15 is 0 Å². The number of fused-ring (bicyclic) bond motifs is 1. The van der Waals surface area contributed by atoms with E-state index in [0.29, 0.717) is 36.5 Å². The molecule has 0 fully saturated rings. The van der Waals surface area contributed by atoms with Crippen molar-refractivity contribution in [2.45, 2.75) is 19.4 Å². The molecule has 2 N–H and O–H groups in total. The molecule has 28 heavy (non-hydrogen) atoms. The molecular weight excluding hydrogens is 364 g/mol. The van der Waals surface area contributed by atoms with Gasteiger partial charge in [-0.3, -0.25) is 19.8 Å². The number of amides is 1. The van der Waals surface area contributed by atoms with Crippen LogP contribution in [0.2, 0.25) is 0 Å². The monoisotopic (exact) mass is 383 g/mol. The Morgan fingerprint density at radius 2 is 2.14 bits per heavy atom. The SMILES string of the molecule is O=C(CCN1CCc2[nH]nc(-c3ccc(F)c(F)c3)c2C1)Nc1cccnc1. The summed E-state index contributed by atoms with van der Waals surface area (Å²) in [5.41, 5.74) is 3.79. The Morgan fingerprint density at radius 1 is 1.25 bits per heavy atom. The number of carbonyl (C=O) groups is 1. The maximum absolute atomic E-state index is 13.6. The zero-order chi connectivity index (χ0) is 19.5. The number of rotatable bonds is 5. The van der Waals surface area contributed by atoms with Gasteiger partial charge in [0.1, 0.15) is 0 Å². The number of H-pyrrole nitrogens is 1. The molecule has 1 aromatic carbocycles. The molecule has 8 heteroatoms. The van der Waals surface area contributed by atoms with E-state index in [9.17, 15) is 13.6 Å². The molecule has 0 aliphatic carbocycles. The molecule has 144 valence electrons. The smallest absolute Gasteiger partial charge is 0.225 e. The number of benzene rings is 1. The lowest BCUT2D eigenvalue weighted by molar-refractivity contribution is -0.116. The molecule has 2 aromatic heterocycles. The molecule has 0 unspecified atom stereocenters. The summed E-state index contributed by atoms with van der Waals surface area (Å²) in [6, 6.07) is 7.34. The largest absolute Gasteiger partial charge is 0.325 e. The van der Waals surface area contributed by atoms with Crippen LogP contribution in [0.1, 0.15) is 17.7 Å². The van der Waals surface area contributed by atoms with Gasteiger partial charge >= 0.3 is 0 Å². The summed E-state index contributed by atoms with van der Waals surface area (Å²) in [6.45, 7) is 1.99. The van der Waals surface area contributed by atoms with Crippen LogP contribution in [0.4, 0.5) is 14.5 Å². The minimum atomic E-state index is -0.894. The zero-order valence-electron chi connectivity index (χ0n) is 15.1. The molecule has 6 nitrogen and oxygen atoms in total. The predicted octanol–water partition coefficient (Wildman–Crippen LogP) is 3.14. The molecule has 0 atom stereocenters. The van der Waals surface area contributed by atoms with E-state index in [0.717, 1.165) is 36.4 Å². The number of nitrogens with zero attached hydrogens (tertiary/aromatic N) is 3. The van der Waals surface area contributed by atoms with E-state index in [1.165, 1.54) is 6.07 Å². The normalized spacial score (nSPS) is 13.9. The third-order valence-corrected chi connectivity index (χ3v) is 4.81. The van der Waals surface area contributed by atoms with Crippen LogP contribution in [0.3, 0.4) is 0 Å². The van der Waals surface area contributed by atoms with Gasteiger partial charge in [-0.1, -0.05) is 0 Å². The summed E-state index contributed by atoms with van der Waals surface area (Å²) in [7, 11) is 0. The predicted molar refractivity (Wildman–Crippen MR) is 100 cm³/mol. The van der Waals surface area contributed by atoms with Crippen molar-refractivity contribution in [3.8, 4) is 11.3 Å². The molecule has 3 aromatic rings. The van der Waals surface area contributed by atoms with Gasteiger partial charge in [-0.25, -0.2) is 8.78 Å². The number of pyridine rings is 1. The van der Waals surface area contributed by atoms with Gasteiger partial charge in [0, 0.05) is 55.5 Å².